The van der Waals surface area contributed by atoms with Crippen molar-refractivity contribution in [3.63, 3.8) is 0 Å². The molecule has 0 radical (unpaired) electrons. The van der Waals surface area contributed by atoms with Crippen LogP contribution in [0.15, 0.2) is 24.3 Å². The van der Waals surface area contributed by atoms with E-state index < -0.39 is 66.3 Å². The molecule has 2 aliphatic heterocycles. The largest absolute Gasteiger partial charge is 0.463 e. The van der Waals surface area contributed by atoms with Crippen LogP contribution in [0.4, 0.5) is 0 Å². The molecule has 1 N–H and O–H groups in total. The molecular weight excluding hydrogens is 504 g/mol. The number of benzene rings is 1. The molecule has 1 fully saturated rings. The predicted molar refractivity (Wildman–Crippen MR) is 126 cm³/mol. The summed E-state index contributed by atoms with van der Waals surface area (Å²) < 4.78 is 27.5. The molecule has 38 heavy (non-hydrogen) atoms. The Balaban J connectivity index is 1.74. The van der Waals surface area contributed by atoms with Gasteiger partial charge < -0.3 is 29.0 Å². The van der Waals surface area contributed by atoms with Gasteiger partial charge in [0.1, 0.15) is 18.8 Å². The molecule has 5 atom stereocenters. The molecule has 0 saturated carbocycles. The Labute approximate surface area is 218 Å². The number of amides is 3. The molecule has 206 valence electrons. The minimum absolute atomic E-state index is 0.0283. The van der Waals surface area contributed by atoms with Gasteiger partial charge in [-0.2, -0.15) is 0 Å². The molecule has 0 aromatic heterocycles. The number of imide groups is 1. The number of nitrogens with one attached hydrogen (secondary N) is 1. The van der Waals surface area contributed by atoms with Gasteiger partial charge in [0, 0.05) is 34.2 Å². The van der Waals surface area contributed by atoms with Gasteiger partial charge in [-0.3, -0.25) is 33.7 Å². The van der Waals surface area contributed by atoms with Gasteiger partial charge in [-0.1, -0.05) is 12.1 Å². The van der Waals surface area contributed by atoms with Crippen molar-refractivity contribution in [3.8, 4) is 0 Å². The second-order valence-electron chi connectivity index (χ2n) is 8.75. The Bertz CT molecular complexity index is 1070. The summed E-state index contributed by atoms with van der Waals surface area (Å²) in [4.78, 5) is 73.4. The molecule has 2 heterocycles. The van der Waals surface area contributed by atoms with Crippen LogP contribution in [0.5, 0.6) is 0 Å². The van der Waals surface area contributed by atoms with Crippen LogP contribution in [0.3, 0.4) is 0 Å². The van der Waals surface area contributed by atoms with Crippen LogP contribution in [0.1, 0.15) is 54.8 Å². The van der Waals surface area contributed by atoms with Crippen LogP contribution in [0, 0.1) is 0 Å². The zero-order valence-electron chi connectivity index (χ0n) is 21.5. The quantitative estimate of drug-likeness (QED) is 0.191. The summed E-state index contributed by atoms with van der Waals surface area (Å²) in [7, 11) is 0. The normalized spacial score (nSPS) is 24.4. The van der Waals surface area contributed by atoms with Gasteiger partial charge in [-0.25, -0.2) is 0 Å². The molecule has 13 heteroatoms. The summed E-state index contributed by atoms with van der Waals surface area (Å²) in [6.07, 6.45) is -4.57. The fraction of sp³-hybridized carbons (Fsp3) is 0.520. The minimum atomic E-state index is -1.24. The van der Waals surface area contributed by atoms with Crippen LogP contribution in [-0.2, 0) is 42.9 Å². The lowest BCUT2D eigenvalue weighted by Crippen LogP contribution is -2.66. The molecule has 0 bridgehead atoms. The molecule has 1 saturated heterocycles. The molecule has 13 nitrogen and oxygen atoms in total. The van der Waals surface area contributed by atoms with Crippen molar-refractivity contribution in [3.05, 3.63) is 35.4 Å². The molecule has 3 rings (SSSR count). The van der Waals surface area contributed by atoms with Crippen molar-refractivity contribution in [2.45, 2.75) is 64.8 Å². The van der Waals surface area contributed by atoms with Crippen molar-refractivity contribution in [1.29, 1.82) is 0 Å². The first kappa shape index (κ1) is 28.7. The first-order valence-electron chi connectivity index (χ1n) is 12.0. The third kappa shape index (κ3) is 6.92. The van der Waals surface area contributed by atoms with Gasteiger partial charge in [0.25, 0.3) is 11.8 Å². The highest BCUT2D eigenvalue weighted by atomic mass is 16.7. The van der Waals surface area contributed by atoms with E-state index in [9.17, 15) is 28.8 Å². The van der Waals surface area contributed by atoms with Crippen LogP contribution in [0.2, 0.25) is 0 Å². The highest BCUT2D eigenvalue weighted by molar-refractivity contribution is 6.21. The molecule has 2 aliphatic rings. The maximum atomic E-state index is 12.6. The van der Waals surface area contributed by atoms with Crippen LogP contribution >= 0.6 is 0 Å². The topological polar surface area (TPSA) is 164 Å². The van der Waals surface area contributed by atoms with Crippen LogP contribution in [-0.4, -0.2) is 90.9 Å². The van der Waals surface area contributed by atoms with E-state index in [1.165, 1.54) is 13.8 Å². The van der Waals surface area contributed by atoms with Gasteiger partial charge in [-0.15, -0.1) is 0 Å². The fourth-order valence-corrected chi connectivity index (χ4v) is 4.30. The number of fused-ring (bicyclic) bond motifs is 1. The lowest BCUT2D eigenvalue weighted by molar-refractivity contribution is -0.277. The monoisotopic (exact) mass is 534 g/mol. The molecule has 1 aromatic carbocycles. The summed E-state index contributed by atoms with van der Waals surface area (Å²) in [5.41, 5.74) is 0.655. The molecule has 0 aliphatic carbocycles. The summed E-state index contributed by atoms with van der Waals surface area (Å²) in [5.74, 6) is -3.38. The fourth-order valence-electron chi connectivity index (χ4n) is 4.30. The molecule has 1 aromatic rings. The first-order valence-corrected chi connectivity index (χ1v) is 12.0. The minimum Gasteiger partial charge on any atom is -0.463 e. The number of ether oxygens (including phenoxy) is 5. The Hall–Kier alpha value is -3.84. The standard InChI is InChI=1S/C25H30N2O11/c1-13(28)26-20-22(37-16(4)31)21(36-15(3)30)19(12-35-14(2)29)38-25(20)34-11-7-10-27-23(32)17-8-5-6-9-18(17)24(27)33/h5-6,8-9,19-22,25H,7,10-12H2,1-4H3,(H,26,28)/t19-,20+,21+,22-,25-/m1/s1. The zero-order chi connectivity index (χ0) is 28.0. The third-order valence-electron chi connectivity index (χ3n) is 5.76. The van der Waals surface area contributed by atoms with Crippen LogP contribution < -0.4 is 5.32 Å². The lowest BCUT2D eigenvalue weighted by Gasteiger charge is -2.45. The van der Waals surface area contributed by atoms with Gasteiger partial charge in [0.05, 0.1) is 17.7 Å². The summed E-state index contributed by atoms with van der Waals surface area (Å²) in [5, 5.41) is 2.60. The van der Waals surface area contributed by atoms with Crippen molar-refractivity contribution in [1.82, 2.24) is 10.2 Å². The predicted octanol–water partition coefficient (Wildman–Crippen LogP) is 0.345. The average Bonchev–Trinajstić information content (AvgIpc) is 3.08. The zero-order valence-corrected chi connectivity index (χ0v) is 21.5. The van der Waals surface area contributed by atoms with Gasteiger partial charge in [0.15, 0.2) is 18.5 Å². The SMILES string of the molecule is CC(=O)N[C@@H]1[C@H](OCCCN2C(=O)c3ccccc3C2=O)O[C@H](COC(C)=O)[C@H](OC(C)=O)[C@@H]1OC(C)=O. The van der Waals surface area contributed by atoms with E-state index in [-0.39, 0.29) is 26.2 Å². The Morgan fingerprint density at radius 1 is 0.895 bits per heavy atom. The van der Waals surface area contributed by atoms with E-state index in [2.05, 4.69) is 5.32 Å². The smallest absolute Gasteiger partial charge is 0.303 e. The third-order valence-corrected chi connectivity index (χ3v) is 5.76. The number of carbonyl (C=O) groups excluding carboxylic acids is 6. The Kier molecular flexibility index (Phi) is 9.53. The number of rotatable bonds is 10. The van der Waals surface area contributed by atoms with E-state index >= 15 is 0 Å². The lowest BCUT2D eigenvalue weighted by atomic mass is 9.96. The number of carbonyl (C=O) groups is 6. The maximum Gasteiger partial charge on any atom is 0.303 e. The Morgan fingerprint density at radius 3 is 2.00 bits per heavy atom. The van der Waals surface area contributed by atoms with E-state index in [0.717, 1.165) is 18.7 Å². The van der Waals surface area contributed by atoms with E-state index in [4.69, 9.17) is 23.7 Å². The number of esters is 3. The first-order chi connectivity index (χ1) is 18.0. The van der Waals surface area contributed by atoms with Gasteiger partial charge in [0.2, 0.25) is 5.91 Å². The van der Waals surface area contributed by atoms with Gasteiger partial charge >= 0.3 is 17.9 Å². The second kappa shape index (κ2) is 12.6. The van der Waals surface area contributed by atoms with Gasteiger partial charge in [-0.05, 0) is 18.6 Å². The number of hydrogen-bond donors (Lipinski definition) is 1. The van der Waals surface area contributed by atoms with Crippen LogP contribution in [0.25, 0.3) is 0 Å². The van der Waals surface area contributed by atoms with E-state index in [0.29, 0.717) is 11.1 Å². The van der Waals surface area contributed by atoms with Crippen molar-refractivity contribution in [2.75, 3.05) is 19.8 Å². The van der Waals surface area contributed by atoms with E-state index in [1.54, 1.807) is 24.3 Å². The van der Waals surface area contributed by atoms with Crippen molar-refractivity contribution in [2.24, 2.45) is 0 Å². The molecule has 0 unspecified atom stereocenters. The van der Waals surface area contributed by atoms with Crippen molar-refractivity contribution < 1.29 is 52.5 Å². The molecule has 0 spiro atoms. The highest BCUT2D eigenvalue weighted by Crippen LogP contribution is 2.28. The van der Waals surface area contributed by atoms with E-state index in [1.807, 2.05) is 0 Å². The summed E-state index contributed by atoms with van der Waals surface area (Å²) in [6, 6.07) is 5.41. The second-order valence-corrected chi connectivity index (χ2v) is 8.75. The molecular formula is C25H30N2O11. The summed E-state index contributed by atoms with van der Waals surface area (Å²) in [6.45, 7) is 4.37. The van der Waals surface area contributed by atoms with Crippen molar-refractivity contribution >= 4 is 35.6 Å². The number of hydrogen-bond acceptors (Lipinski definition) is 11. The number of nitrogens with zero attached hydrogens (tertiary/aromatic N) is 1. The molecule has 3 amide bonds. The maximum absolute atomic E-state index is 12.6. The highest BCUT2D eigenvalue weighted by Gasteiger charge is 2.51. The Morgan fingerprint density at radius 2 is 1.47 bits per heavy atom. The average molecular weight is 535 g/mol. The summed E-state index contributed by atoms with van der Waals surface area (Å²) >= 11 is 0.